The maximum Gasteiger partial charge on any atom is 0.337 e. The predicted octanol–water partition coefficient (Wildman–Crippen LogP) is 3.06. The SMILES string of the molecule is Cc1nc(C)c(-c2ccccc2)cc1C(=O)O. The van der Waals surface area contributed by atoms with E-state index in [0.717, 1.165) is 16.8 Å². The van der Waals surface area contributed by atoms with Crippen molar-refractivity contribution in [1.82, 2.24) is 4.98 Å². The van der Waals surface area contributed by atoms with Gasteiger partial charge in [0.2, 0.25) is 0 Å². The van der Waals surface area contributed by atoms with Gasteiger partial charge in [0.05, 0.1) is 11.3 Å². The predicted molar refractivity (Wildman–Crippen MR) is 66.1 cm³/mol. The highest BCUT2D eigenvalue weighted by atomic mass is 16.4. The molecular weight excluding hydrogens is 214 g/mol. The van der Waals surface area contributed by atoms with E-state index in [4.69, 9.17) is 5.11 Å². The molecular formula is C14H13NO2. The van der Waals surface area contributed by atoms with E-state index >= 15 is 0 Å². The van der Waals surface area contributed by atoms with Crippen LogP contribution in [-0.4, -0.2) is 16.1 Å². The van der Waals surface area contributed by atoms with Crippen molar-refractivity contribution in [2.75, 3.05) is 0 Å². The van der Waals surface area contributed by atoms with E-state index in [0.29, 0.717) is 5.69 Å². The minimum absolute atomic E-state index is 0.259. The lowest BCUT2D eigenvalue weighted by Crippen LogP contribution is -2.04. The molecule has 17 heavy (non-hydrogen) atoms. The summed E-state index contributed by atoms with van der Waals surface area (Å²) in [6.07, 6.45) is 0. The lowest BCUT2D eigenvalue weighted by atomic mass is 10.0. The molecule has 2 rings (SSSR count). The molecule has 0 aliphatic carbocycles. The van der Waals surface area contributed by atoms with Crippen molar-refractivity contribution in [2.24, 2.45) is 0 Å². The Morgan fingerprint density at radius 1 is 1.12 bits per heavy atom. The number of benzene rings is 1. The molecule has 0 saturated carbocycles. The lowest BCUT2D eigenvalue weighted by Gasteiger charge is -2.09. The fourth-order valence-electron chi connectivity index (χ4n) is 1.85. The quantitative estimate of drug-likeness (QED) is 0.857. The number of aromatic carboxylic acids is 1. The van der Waals surface area contributed by atoms with Gasteiger partial charge in [0.15, 0.2) is 0 Å². The normalized spacial score (nSPS) is 10.2. The number of carbonyl (C=O) groups is 1. The van der Waals surface area contributed by atoms with Gasteiger partial charge in [0.25, 0.3) is 0 Å². The van der Waals surface area contributed by atoms with Crippen molar-refractivity contribution in [2.45, 2.75) is 13.8 Å². The summed E-state index contributed by atoms with van der Waals surface area (Å²) in [6.45, 7) is 3.60. The Morgan fingerprint density at radius 2 is 1.76 bits per heavy atom. The monoisotopic (exact) mass is 227 g/mol. The molecule has 0 fully saturated rings. The molecule has 0 saturated heterocycles. The van der Waals surface area contributed by atoms with Crippen molar-refractivity contribution in [3.63, 3.8) is 0 Å². The maximum atomic E-state index is 11.1. The average molecular weight is 227 g/mol. The van der Waals surface area contributed by atoms with Crippen molar-refractivity contribution < 1.29 is 9.90 Å². The van der Waals surface area contributed by atoms with Gasteiger partial charge in [-0.3, -0.25) is 4.98 Å². The van der Waals surface area contributed by atoms with Crippen LogP contribution >= 0.6 is 0 Å². The molecule has 0 aliphatic rings. The Labute approximate surface area is 99.8 Å². The van der Waals surface area contributed by atoms with Crippen LogP contribution in [0.4, 0.5) is 0 Å². The Balaban J connectivity index is 2.63. The Hall–Kier alpha value is -2.16. The molecule has 0 radical (unpaired) electrons. The number of hydrogen-bond acceptors (Lipinski definition) is 2. The van der Waals surface area contributed by atoms with Crippen LogP contribution in [-0.2, 0) is 0 Å². The second kappa shape index (κ2) is 4.37. The molecule has 0 unspecified atom stereocenters. The standard InChI is InChI=1S/C14H13NO2/c1-9-12(11-6-4-3-5-7-11)8-13(14(16)17)10(2)15-9/h3-8H,1-2H3,(H,16,17). The summed E-state index contributed by atoms with van der Waals surface area (Å²) in [6, 6.07) is 11.4. The summed E-state index contributed by atoms with van der Waals surface area (Å²) < 4.78 is 0. The van der Waals surface area contributed by atoms with E-state index < -0.39 is 5.97 Å². The summed E-state index contributed by atoms with van der Waals surface area (Å²) in [5, 5.41) is 9.09. The first-order valence-electron chi connectivity index (χ1n) is 5.36. The molecule has 3 heteroatoms. The van der Waals surface area contributed by atoms with Crippen LogP contribution in [0.1, 0.15) is 21.7 Å². The highest BCUT2D eigenvalue weighted by molar-refractivity contribution is 5.90. The number of aryl methyl sites for hydroxylation is 2. The van der Waals surface area contributed by atoms with Gasteiger partial charge in [-0.2, -0.15) is 0 Å². The van der Waals surface area contributed by atoms with Crippen LogP contribution in [0.25, 0.3) is 11.1 Å². The van der Waals surface area contributed by atoms with Gasteiger partial charge in [-0.05, 0) is 25.5 Å². The zero-order chi connectivity index (χ0) is 12.4. The van der Waals surface area contributed by atoms with Crippen molar-refractivity contribution in [3.05, 3.63) is 53.3 Å². The first-order valence-corrected chi connectivity index (χ1v) is 5.36. The van der Waals surface area contributed by atoms with Gasteiger partial charge in [0.1, 0.15) is 0 Å². The smallest absolute Gasteiger partial charge is 0.337 e. The third-order valence-electron chi connectivity index (χ3n) is 2.72. The summed E-state index contributed by atoms with van der Waals surface area (Å²) in [7, 11) is 0. The van der Waals surface area contributed by atoms with Crippen molar-refractivity contribution >= 4 is 5.97 Å². The number of nitrogens with zero attached hydrogens (tertiary/aromatic N) is 1. The van der Waals surface area contributed by atoms with Gasteiger partial charge in [-0.25, -0.2) is 4.79 Å². The minimum Gasteiger partial charge on any atom is -0.478 e. The molecule has 0 bridgehead atoms. The fraction of sp³-hybridized carbons (Fsp3) is 0.143. The first-order chi connectivity index (χ1) is 8.09. The van der Waals surface area contributed by atoms with Crippen LogP contribution in [0.5, 0.6) is 0 Å². The molecule has 1 N–H and O–H groups in total. The minimum atomic E-state index is -0.938. The van der Waals surface area contributed by atoms with E-state index in [1.165, 1.54) is 0 Å². The van der Waals surface area contributed by atoms with Crippen molar-refractivity contribution in [3.8, 4) is 11.1 Å². The lowest BCUT2D eigenvalue weighted by molar-refractivity contribution is 0.0695. The molecule has 1 heterocycles. The third kappa shape index (κ3) is 2.18. The van der Waals surface area contributed by atoms with Crippen LogP contribution in [0.2, 0.25) is 0 Å². The Morgan fingerprint density at radius 3 is 2.35 bits per heavy atom. The number of pyridine rings is 1. The van der Waals surface area contributed by atoms with Crippen LogP contribution in [0.15, 0.2) is 36.4 Å². The van der Waals surface area contributed by atoms with Gasteiger partial charge in [-0.15, -0.1) is 0 Å². The van der Waals surface area contributed by atoms with Gasteiger partial charge >= 0.3 is 5.97 Å². The van der Waals surface area contributed by atoms with Crippen molar-refractivity contribution in [1.29, 1.82) is 0 Å². The van der Waals surface area contributed by atoms with Crippen LogP contribution in [0.3, 0.4) is 0 Å². The molecule has 0 spiro atoms. The highest BCUT2D eigenvalue weighted by Crippen LogP contribution is 2.24. The number of rotatable bonds is 2. The number of aromatic nitrogens is 1. The van der Waals surface area contributed by atoms with Gasteiger partial charge in [-0.1, -0.05) is 30.3 Å². The second-order valence-electron chi connectivity index (χ2n) is 3.93. The average Bonchev–Trinajstić information content (AvgIpc) is 2.29. The Bertz CT molecular complexity index is 562. The molecule has 0 amide bonds. The summed E-state index contributed by atoms with van der Waals surface area (Å²) in [4.78, 5) is 15.4. The fourth-order valence-corrected chi connectivity index (χ4v) is 1.85. The van der Waals surface area contributed by atoms with E-state index in [1.54, 1.807) is 13.0 Å². The second-order valence-corrected chi connectivity index (χ2v) is 3.93. The van der Waals surface area contributed by atoms with E-state index in [-0.39, 0.29) is 5.56 Å². The maximum absolute atomic E-state index is 11.1. The topological polar surface area (TPSA) is 50.2 Å². The van der Waals surface area contributed by atoms with Gasteiger partial charge in [0, 0.05) is 11.3 Å². The van der Waals surface area contributed by atoms with Crippen LogP contribution < -0.4 is 0 Å². The first kappa shape index (κ1) is 11.3. The molecule has 2 aromatic rings. The number of carboxylic acid groups (broad SMARTS) is 1. The number of hydrogen-bond donors (Lipinski definition) is 1. The van der Waals surface area contributed by atoms with E-state index in [2.05, 4.69) is 4.98 Å². The summed E-state index contributed by atoms with van der Waals surface area (Å²) in [5.41, 5.74) is 3.51. The Kier molecular flexibility index (Phi) is 2.91. The van der Waals surface area contributed by atoms with E-state index in [1.807, 2.05) is 37.3 Å². The molecule has 1 aromatic carbocycles. The zero-order valence-corrected chi connectivity index (χ0v) is 9.77. The summed E-state index contributed by atoms with van der Waals surface area (Å²) in [5.74, 6) is -0.938. The number of carboxylic acids is 1. The highest BCUT2D eigenvalue weighted by Gasteiger charge is 2.12. The molecule has 86 valence electrons. The summed E-state index contributed by atoms with van der Waals surface area (Å²) >= 11 is 0. The van der Waals surface area contributed by atoms with Crippen LogP contribution in [0, 0.1) is 13.8 Å². The van der Waals surface area contributed by atoms with E-state index in [9.17, 15) is 4.79 Å². The molecule has 3 nitrogen and oxygen atoms in total. The largest absolute Gasteiger partial charge is 0.478 e. The van der Waals surface area contributed by atoms with Gasteiger partial charge < -0.3 is 5.11 Å². The zero-order valence-electron chi connectivity index (χ0n) is 9.77. The molecule has 1 aromatic heterocycles. The molecule has 0 aliphatic heterocycles. The molecule has 0 atom stereocenters. The third-order valence-corrected chi connectivity index (χ3v) is 2.72.